The van der Waals surface area contributed by atoms with Gasteiger partial charge in [0.15, 0.2) is 6.04 Å². The summed E-state index contributed by atoms with van der Waals surface area (Å²) >= 11 is 0. The summed E-state index contributed by atoms with van der Waals surface area (Å²) in [6.45, 7) is 1.04. The van der Waals surface area contributed by atoms with Crippen molar-refractivity contribution >= 4 is 21.9 Å². The van der Waals surface area contributed by atoms with Gasteiger partial charge >= 0.3 is 5.97 Å². The lowest BCUT2D eigenvalue weighted by atomic mass is 9.97. The third-order valence-electron chi connectivity index (χ3n) is 3.90. The zero-order chi connectivity index (χ0) is 15.6. The highest BCUT2D eigenvalue weighted by Gasteiger charge is 2.38. The van der Waals surface area contributed by atoms with E-state index in [0.717, 1.165) is 6.26 Å². The van der Waals surface area contributed by atoms with Crippen molar-refractivity contribution in [1.82, 2.24) is 9.21 Å². The van der Waals surface area contributed by atoms with Gasteiger partial charge in [-0.1, -0.05) is 0 Å². The van der Waals surface area contributed by atoms with Gasteiger partial charge in [0.25, 0.3) is 0 Å². The molecule has 2 heterocycles. The number of ether oxygens (including phenoxy) is 1. The summed E-state index contributed by atoms with van der Waals surface area (Å²) in [7, 11) is -3.33. The van der Waals surface area contributed by atoms with E-state index in [-0.39, 0.29) is 25.6 Å². The van der Waals surface area contributed by atoms with Crippen molar-refractivity contribution < 1.29 is 27.9 Å². The number of aliphatic carboxylic acids is 1. The fourth-order valence-electron chi connectivity index (χ4n) is 2.75. The van der Waals surface area contributed by atoms with Crippen LogP contribution in [0, 0.1) is 5.92 Å². The van der Waals surface area contributed by atoms with Crippen molar-refractivity contribution in [2.45, 2.75) is 18.9 Å². The van der Waals surface area contributed by atoms with Gasteiger partial charge in [0.05, 0.1) is 25.4 Å². The Morgan fingerprint density at radius 3 is 2.62 bits per heavy atom. The summed E-state index contributed by atoms with van der Waals surface area (Å²) in [5.41, 5.74) is 0. The second kappa shape index (κ2) is 6.29. The van der Waals surface area contributed by atoms with Crippen molar-refractivity contribution in [2.24, 2.45) is 5.92 Å². The van der Waals surface area contributed by atoms with Gasteiger partial charge in [-0.15, -0.1) is 0 Å². The number of carboxylic acid groups (broad SMARTS) is 1. The topological polar surface area (TPSA) is 104 Å². The van der Waals surface area contributed by atoms with Crippen molar-refractivity contribution in [3.05, 3.63) is 0 Å². The van der Waals surface area contributed by atoms with Crippen LogP contribution in [-0.2, 0) is 24.3 Å². The van der Waals surface area contributed by atoms with E-state index in [2.05, 4.69) is 0 Å². The Hall–Kier alpha value is -1.19. The maximum absolute atomic E-state index is 12.5. The molecule has 9 heteroatoms. The van der Waals surface area contributed by atoms with Crippen molar-refractivity contribution in [1.29, 1.82) is 0 Å². The standard InChI is InChI=1S/C12H20N2O6S/c1-21(18,19)13-4-2-3-9(7-13)11(15)14-5-6-20-8-10(14)12(16)17/h9-10H,2-8H2,1H3,(H,16,17). The molecule has 0 bridgehead atoms. The molecular weight excluding hydrogens is 300 g/mol. The van der Waals surface area contributed by atoms with Gasteiger partial charge in [-0.3, -0.25) is 4.79 Å². The first kappa shape index (κ1) is 16.2. The highest BCUT2D eigenvalue weighted by Crippen LogP contribution is 2.22. The Bertz CT molecular complexity index is 520. The molecule has 1 N–H and O–H groups in total. The fourth-order valence-corrected chi connectivity index (χ4v) is 3.66. The Kier molecular flexibility index (Phi) is 4.84. The van der Waals surface area contributed by atoms with Crippen LogP contribution in [0.3, 0.4) is 0 Å². The lowest BCUT2D eigenvalue weighted by Crippen LogP contribution is -2.56. The Labute approximate surface area is 123 Å². The molecule has 120 valence electrons. The van der Waals surface area contributed by atoms with Crippen molar-refractivity contribution in [2.75, 3.05) is 39.1 Å². The molecule has 2 aliphatic heterocycles. The number of nitrogens with zero attached hydrogens (tertiary/aromatic N) is 2. The molecule has 8 nitrogen and oxygen atoms in total. The minimum Gasteiger partial charge on any atom is -0.480 e. The van der Waals surface area contributed by atoms with E-state index in [9.17, 15) is 18.0 Å². The highest BCUT2D eigenvalue weighted by atomic mass is 32.2. The van der Waals surface area contributed by atoms with E-state index in [4.69, 9.17) is 9.84 Å². The molecule has 2 fully saturated rings. The lowest BCUT2D eigenvalue weighted by Gasteiger charge is -2.38. The summed E-state index contributed by atoms with van der Waals surface area (Å²) in [5.74, 6) is -1.87. The van der Waals surface area contributed by atoms with Crippen LogP contribution in [0.4, 0.5) is 0 Å². The lowest BCUT2D eigenvalue weighted by molar-refractivity contribution is -0.160. The largest absolute Gasteiger partial charge is 0.480 e. The van der Waals surface area contributed by atoms with E-state index >= 15 is 0 Å². The number of sulfonamides is 1. The molecule has 0 saturated carbocycles. The molecule has 0 spiro atoms. The van der Waals surface area contributed by atoms with Crippen molar-refractivity contribution in [3.8, 4) is 0 Å². The Morgan fingerprint density at radius 2 is 2.00 bits per heavy atom. The fraction of sp³-hybridized carbons (Fsp3) is 0.833. The smallest absolute Gasteiger partial charge is 0.328 e. The van der Waals surface area contributed by atoms with Gasteiger partial charge in [-0.25, -0.2) is 17.5 Å². The van der Waals surface area contributed by atoms with Crippen LogP contribution in [-0.4, -0.2) is 79.8 Å². The second-order valence-electron chi connectivity index (χ2n) is 5.42. The number of morpholine rings is 1. The molecule has 0 aromatic carbocycles. The van der Waals surface area contributed by atoms with Gasteiger partial charge in [0.1, 0.15) is 0 Å². The summed E-state index contributed by atoms with van der Waals surface area (Å²) < 4.78 is 29.6. The minimum atomic E-state index is -3.33. The van der Waals surface area contributed by atoms with Gasteiger partial charge in [-0.2, -0.15) is 0 Å². The summed E-state index contributed by atoms with van der Waals surface area (Å²) in [6, 6.07) is -0.986. The first-order valence-corrected chi connectivity index (χ1v) is 8.71. The number of rotatable bonds is 3. The molecule has 2 unspecified atom stereocenters. The van der Waals surface area contributed by atoms with Gasteiger partial charge < -0.3 is 14.7 Å². The Balaban J connectivity index is 2.09. The van der Waals surface area contributed by atoms with Crippen LogP contribution in [0.15, 0.2) is 0 Å². The van der Waals surface area contributed by atoms with Crippen LogP contribution >= 0.6 is 0 Å². The molecule has 0 aliphatic carbocycles. The normalized spacial score (nSPS) is 28.3. The van der Waals surface area contributed by atoms with E-state index in [1.54, 1.807) is 0 Å². The SMILES string of the molecule is CS(=O)(=O)N1CCCC(C(=O)N2CCOCC2C(=O)O)C1. The maximum atomic E-state index is 12.5. The van der Waals surface area contributed by atoms with E-state index in [0.29, 0.717) is 26.0 Å². The maximum Gasteiger partial charge on any atom is 0.328 e. The summed E-state index contributed by atoms with van der Waals surface area (Å²) in [6.07, 6.45) is 2.30. The molecule has 0 aromatic rings. The molecule has 21 heavy (non-hydrogen) atoms. The van der Waals surface area contributed by atoms with Gasteiger partial charge in [0.2, 0.25) is 15.9 Å². The second-order valence-corrected chi connectivity index (χ2v) is 7.40. The zero-order valence-electron chi connectivity index (χ0n) is 11.9. The summed E-state index contributed by atoms with van der Waals surface area (Å²) in [5, 5.41) is 9.16. The van der Waals surface area contributed by atoms with Gasteiger partial charge in [-0.05, 0) is 12.8 Å². The third kappa shape index (κ3) is 3.72. The molecule has 0 radical (unpaired) electrons. The molecule has 0 aromatic heterocycles. The molecule has 2 rings (SSSR count). The van der Waals surface area contributed by atoms with E-state index in [1.807, 2.05) is 0 Å². The Morgan fingerprint density at radius 1 is 1.29 bits per heavy atom. The number of hydrogen-bond acceptors (Lipinski definition) is 5. The van der Waals surface area contributed by atoms with Crippen LogP contribution in [0.25, 0.3) is 0 Å². The van der Waals surface area contributed by atoms with E-state index < -0.39 is 28.0 Å². The van der Waals surface area contributed by atoms with Crippen LogP contribution in [0.2, 0.25) is 0 Å². The minimum absolute atomic E-state index is 0.0242. The first-order chi connectivity index (χ1) is 9.80. The van der Waals surface area contributed by atoms with Gasteiger partial charge in [0, 0.05) is 19.6 Å². The molecule has 2 aliphatic rings. The van der Waals surface area contributed by atoms with Crippen molar-refractivity contribution in [3.63, 3.8) is 0 Å². The van der Waals surface area contributed by atoms with Crippen LogP contribution < -0.4 is 0 Å². The highest BCUT2D eigenvalue weighted by molar-refractivity contribution is 7.88. The molecule has 2 atom stereocenters. The third-order valence-corrected chi connectivity index (χ3v) is 5.17. The summed E-state index contributed by atoms with van der Waals surface area (Å²) in [4.78, 5) is 25.0. The van der Waals surface area contributed by atoms with Crippen LogP contribution in [0.1, 0.15) is 12.8 Å². The number of hydrogen-bond donors (Lipinski definition) is 1. The molecule has 2 saturated heterocycles. The predicted octanol–water partition coefficient (Wildman–Crippen LogP) is -1.03. The number of carbonyl (C=O) groups is 2. The number of piperidine rings is 1. The average molecular weight is 320 g/mol. The molecule has 1 amide bonds. The number of carboxylic acids is 1. The van der Waals surface area contributed by atoms with Crippen LogP contribution in [0.5, 0.6) is 0 Å². The number of carbonyl (C=O) groups excluding carboxylic acids is 1. The molecular formula is C12H20N2O6S. The average Bonchev–Trinajstić information content (AvgIpc) is 2.45. The number of amides is 1. The zero-order valence-corrected chi connectivity index (χ0v) is 12.7. The first-order valence-electron chi connectivity index (χ1n) is 6.87. The van der Waals surface area contributed by atoms with E-state index in [1.165, 1.54) is 9.21 Å². The monoisotopic (exact) mass is 320 g/mol. The predicted molar refractivity (Wildman–Crippen MR) is 73.1 cm³/mol. The quantitative estimate of drug-likeness (QED) is 0.713.